The van der Waals surface area contributed by atoms with E-state index in [0.29, 0.717) is 12.2 Å². The van der Waals surface area contributed by atoms with Gasteiger partial charge in [0.1, 0.15) is 0 Å². The summed E-state index contributed by atoms with van der Waals surface area (Å²) in [5.74, 6) is -1.91. The average Bonchev–Trinajstić information content (AvgIpc) is 2.97. The van der Waals surface area contributed by atoms with E-state index in [2.05, 4.69) is 5.32 Å². The Labute approximate surface area is 145 Å². The van der Waals surface area contributed by atoms with E-state index < -0.39 is 11.9 Å². The molecule has 1 aliphatic heterocycles. The minimum Gasteiger partial charge on any atom is -0.478 e. The zero-order valence-electron chi connectivity index (χ0n) is 13.7. The van der Waals surface area contributed by atoms with Gasteiger partial charge in [-0.05, 0) is 42.8 Å². The molecule has 0 aromatic heterocycles. The quantitative estimate of drug-likeness (QED) is 0.897. The highest BCUT2D eigenvalue weighted by molar-refractivity contribution is 6.03. The summed E-state index contributed by atoms with van der Waals surface area (Å²) in [6.07, 6.45) is 0.137. The smallest absolute Gasteiger partial charge is 0.335 e. The molecule has 2 aromatic rings. The van der Waals surface area contributed by atoms with E-state index >= 15 is 0 Å². The molecule has 0 bridgehead atoms. The Morgan fingerprint density at radius 1 is 1.16 bits per heavy atom. The van der Waals surface area contributed by atoms with Crippen molar-refractivity contribution >= 4 is 29.2 Å². The highest BCUT2D eigenvalue weighted by atomic mass is 16.4. The van der Waals surface area contributed by atoms with Crippen LogP contribution in [0.15, 0.2) is 48.5 Å². The molecule has 2 amide bonds. The molecule has 1 aliphatic rings. The van der Waals surface area contributed by atoms with Crippen molar-refractivity contribution in [2.24, 2.45) is 5.92 Å². The Morgan fingerprint density at radius 3 is 2.64 bits per heavy atom. The van der Waals surface area contributed by atoms with Crippen molar-refractivity contribution in [2.75, 3.05) is 16.8 Å². The second-order valence-corrected chi connectivity index (χ2v) is 6.12. The number of anilines is 2. The van der Waals surface area contributed by atoms with Crippen LogP contribution in [0.1, 0.15) is 22.3 Å². The molecule has 1 heterocycles. The molecule has 1 saturated heterocycles. The van der Waals surface area contributed by atoms with Crippen molar-refractivity contribution < 1.29 is 19.5 Å². The first-order valence-electron chi connectivity index (χ1n) is 7.95. The number of carbonyl (C=O) groups is 3. The van der Waals surface area contributed by atoms with Gasteiger partial charge in [0.25, 0.3) is 0 Å². The van der Waals surface area contributed by atoms with Gasteiger partial charge in [-0.15, -0.1) is 0 Å². The van der Waals surface area contributed by atoms with Gasteiger partial charge in [-0.3, -0.25) is 9.59 Å². The number of carbonyl (C=O) groups excluding carboxylic acids is 2. The van der Waals surface area contributed by atoms with Crippen molar-refractivity contribution in [2.45, 2.75) is 13.3 Å². The van der Waals surface area contributed by atoms with Gasteiger partial charge in [-0.2, -0.15) is 0 Å². The molecule has 2 aromatic carbocycles. The Bertz CT molecular complexity index is 847. The topological polar surface area (TPSA) is 86.7 Å². The molecule has 6 heteroatoms. The van der Waals surface area contributed by atoms with E-state index in [1.165, 1.54) is 12.1 Å². The molecular weight excluding hydrogens is 320 g/mol. The maximum Gasteiger partial charge on any atom is 0.335 e. The molecule has 0 saturated carbocycles. The average molecular weight is 338 g/mol. The van der Waals surface area contributed by atoms with Gasteiger partial charge in [-0.25, -0.2) is 4.79 Å². The van der Waals surface area contributed by atoms with Gasteiger partial charge in [0.15, 0.2) is 0 Å². The summed E-state index contributed by atoms with van der Waals surface area (Å²) in [5.41, 5.74) is 2.34. The molecule has 0 spiro atoms. The number of nitrogens with zero attached hydrogens (tertiary/aromatic N) is 1. The maximum atomic E-state index is 12.4. The SMILES string of the molecule is Cc1cccc(N2C[C@H](C(=O)Nc3cccc(C(=O)O)c3)CC2=O)c1. The van der Waals surface area contributed by atoms with Crippen LogP contribution in [0.25, 0.3) is 0 Å². The Morgan fingerprint density at radius 2 is 1.92 bits per heavy atom. The lowest BCUT2D eigenvalue weighted by atomic mass is 10.1. The molecule has 6 nitrogen and oxygen atoms in total. The molecule has 0 aliphatic carbocycles. The number of rotatable bonds is 4. The second-order valence-electron chi connectivity index (χ2n) is 6.12. The fourth-order valence-electron chi connectivity index (χ4n) is 2.90. The highest BCUT2D eigenvalue weighted by Crippen LogP contribution is 2.26. The summed E-state index contributed by atoms with van der Waals surface area (Å²) >= 11 is 0. The standard InChI is InChI=1S/C19H18N2O4/c1-12-4-2-7-16(8-12)21-11-14(10-17(21)22)18(23)20-15-6-3-5-13(9-15)19(24)25/h2-9,14H,10-11H2,1H3,(H,20,23)(H,24,25)/t14-/m1/s1. The maximum absolute atomic E-state index is 12.4. The van der Waals surface area contributed by atoms with Crippen molar-refractivity contribution in [3.05, 3.63) is 59.7 Å². The summed E-state index contributed by atoms with van der Waals surface area (Å²) in [6.45, 7) is 2.26. The molecule has 0 radical (unpaired) electrons. The first-order chi connectivity index (χ1) is 11.9. The van der Waals surface area contributed by atoms with Gasteiger partial charge < -0.3 is 15.3 Å². The van der Waals surface area contributed by atoms with E-state index in [1.807, 2.05) is 31.2 Å². The van der Waals surface area contributed by atoms with Gasteiger partial charge in [0.2, 0.25) is 11.8 Å². The van der Waals surface area contributed by atoms with Gasteiger partial charge >= 0.3 is 5.97 Å². The third-order valence-corrected chi connectivity index (χ3v) is 4.19. The van der Waals surface area contributed by atoms with Gasteiger partial charge in [0.05, 0.1) is 11.5 Å². The molecule has 0 unspecified atom stereocenters. The summed E-state index contributed by atoms with van der Waals surface area (Å²) in [5, 5.41) is 11.7. The van der Waals surface area contributed by atoms with Crippen LogP contribution in [0, 0.1) is 12.8 Å². The lowest BCUT2D eigenvalue weighted by Gasteiger charge is -2.17. The normalized spacial score (nSPS) is 16.8. The fraction of sp³-hybridized carbons (Fsp3) is 0.211. The molecule has 128 valence electrons. The van der Waals surface area contributed by atoms with Crippen LogP contribution in [-0.2, 0) is 9.59 Å². The third-order valence-electron chi connectivity index (χ3n) is 4.19. The number of hydrogen-bond acceptors (Lipinski definition) is 3. The van der Waals surface area contributed by atoms with Crippen molar-refractivity contribution in [3.8, 4) is 0 Å². The second kappa shape index (κ2) is 6.76. The number of aryl methyl sites for hydroxylation is 1. The van der Waals surface area contributed by atoms with Crippen molar-refractivity contribution in [3.63, 3.8) is 0 Å². The van der Waals surface area contributed by atoms with Crippen LogP contribution >= 0.6 is 0 Å². The van der Waals surface area contributed by atoms with E-state index in [4.69, 9.17) is 5.11 Å². The predicted molar refractivity (Wildman–Crippen MR) is 93.7 cm³/mol. The minimum atomic E-state index is -1.06. The van der Waals surface area contributed by atoms with E-state index in [-0.39, 0.29) is 23.8 Å². The summed E-state index contributed by atoms with van der Waals surface area (Å²) in [6, 6.07) is 13.6. The van der Waals surface area contributed by atoms with Crippen molar-refractivity contribution in [1.29, 1.82) is 0 Å². The van der Waals surface area contributed by atoms with Crippen LogP contribution in [0.5, 0.6) is 0 Å². The molecule has 2 N–H and O–H groups in total. The van der Waals surface area contributed by atoms with Gasteiger partial charge in [0, 0.05) is 24.3 Å². The summed E-state index contributed by atoms with van der Waals surface area (Å²) < 4.78 is 0. The lowest BCUT2D eigenvalue weighted by Crippen LogP contribution is -2.28. The monoisotopic (exact) mass is 338 g/mol. The number of hydrogen-bond donors (Lipinski definition) is 2. The summed E-state index contributed by atoms with van der Waals surface area (Å²) in [7, 11) is 0. The zero-order chi connectivity index (χ0) is 18.0. The Kier molecular flexibility index (Phi) is 4.52. The number of aromatic carboxylic acids is 1. The van der Waals surface area contributed by atoms with Crippen LogP contribution in [-0.4, -0.2) is 29.4 Å². The van der Waals surface area contributed by atoms with E-state index in [9.17, 15) is 14.4 Å². The Balaban J connectivity index is 1.71. The molecule has 3 rings (SSSR count). The fourth-order valence-corrected chi connectivity index (χ4v) is 2.90. The minimum absolute atomic E-state index is 0.0926. The number of carboxylic acid groups (broad SMARTS) is 1. The van der Waals surface area contributed by atoms with Crippen LogP contribution in [0.3, 0.4) is 0 Å². The van der Waals surface area contributed by atoms with Gasteiger partial charge in [-0.1, -0.05) is 18.2 Å². The number of carboxylic acids is 1. The molecule has 25 heavy (non-hydrogen) atoms. The van der Waals surface area contributed by atoms with Crippen molar-refractivity contribution in [1.82, 2.24) is 0 Å². The van der Waals surface area contributed by atoms with Crippen LogP contribution in [0.2, 0.25) is 0 Å². The highest BCUT2D eigenvalue weighted by Gasteiger charge is 2.35. The number of amides is 2. The summed E-state index contributed by atoms with van der Waals surface area (Å²) in [4.78, 5) is 37.3. The molecule has 1 atom stereocenters. The first kappa shape index (κ1) is 16.7. The number of nitrogens with one attached hydrogen (secondary N) is 1. The predicted octanol–water partition coefficient (Wildman–Crippen LogP) is 2.68. The third kappa shape index (κ3) is 3.68. The largest absolute Gasteiger partial charge is 0.478 e. The molecule has 1 fully saturated rings. The van der Waals surface area contributed by atoms with E-state index in [0.717, 1.165) is 11.3 Å². The van der Waals surface area contributed by atoms with Crippen LogP contribution < -0.4 is 10.2 Å². The first-order valence-corrected chi connectivity index (χ1v) is 7.95. The number of benzene rings is 2. The zero-order valence-corrected chi connectivity index (χ0v) is 13.7. The molecular formula is C19H18N2O4. The van der Waals surface area contributed by atoms with Crippen LogP contribution in [0.4, 0.5) is 11.4 Å². The lowest BCUT2D eigenvalue weighted by molar-refractivity contribution is -0.122. The Hall–Kier alpha value is -3.15. The van der Waals surface area contributed by atoms with E-state index in [1.54, 1.807) is 17.0 Å².